The number of alkyl halides is 3. The van der Waals surface area contributed by atoms with Crippen molar-refractivity contribution in [3.05, 3.63) is 24.8 Å². The van der Waals surface area contributed by atoms with Gasteiger partial charge in [-0.15, -0.1) is 6.58 Å². The number of hydrogen-bond acceptors (Lipinski definition) is 5. The summed E-state index contributed by atoms with van der Waals surface area (Å²) in [6.45, 7) is 7.06. The van der Waals surface area contributed by atoms with E-state index >= 15 is 0 Å². The molecule has 166 valence electrons. The Balaban J connectivity index is 0.000000956. The Morgan fingerprint density at radius 3 is 2.24 bits per heavy atom. The highest BCUT2D eigenvalue weighted by molar-refractivity contribution is 5.75. The van der Waals surface area contributed by atoms with E-state index < -0.39 is 24.2 Å². The molecule has 1 amide bonds. The van der Waals surface area contributed by atoms with Crippen molar-refractivity contribution < 1.29 is 42.5 Å². The van der Waals surface area contributed by atoms with Gasteiger partial charge in [0.05, 0.1) is 12.1 Å². The van der Waals surface area contributed by atoms with Gasteiger partial charge in [0.1, 0.15) is 6.04 Å². The summed E-state index contributed by atoms with van der Waals surface area (Å²) in [5.41, 5.74) is 0. The first-order valence-electron chi connectivity index (χ1n) is 8.71. The minimum atomic E-state index is -5.08. The van der Waals surface area contributed by atoms with E-state index in [0.29, 0.717) is 12.8 Å². The molecule has 0 unspecified atom stereocenters. The molecule has 1 aliphatic heterocycles. The normalized spacial score (nSPS) is 23.6. The predicted octanol–water partition coefficient (Wildman–Crippen LogP) is 1.72. The second-order valence-electron chi connectivity index (χ2n) is 6.34. The molecular weight excluding hydrogens is 397 g/mol. The van der Waals surface area contributed by atoms with E-state index in [2.05, 4.69) is 17.2 Å². The Labute approximate surface area is 166 Å². The van der Waals surface area contributed by atoms with E-state index in [1.165, 1.54) is 6.92 Å². The van der Waals surface area contributed by atoms with Crippen molar-refractivity contribution in [3.63, 3.8) is 0 Å². The molecule has 0 aliphatic carbocycles. The molecular formula is C18H27F3N2O6. The number of carbonyl (C=O) groups is 3. The van der Waals surface area contributed by atoms with E-state index in [1.807, 2.05) is 19.1 Å². The van der Waals surface area contributed by atoms with Crippen LogP contribution in [0.5, 0.6) is 0 Å². The number of aliphatic carboxylic acids is 2. The van der Waals surface area contributed by atoms with Crippen molar-refractivity contribution in [1.29, 1.82) is 0 Å². The molecule has 29 heavy (non-hydrogen) atoms. The lowest BCUT2D eigenvalue weighted by Gasteiger charge is -2.33. The Morgan fingerprint density at radius 1 is 1.34 bits per heavy atom. The summed E-state index contributed by atoms with van der Waals surface area (Å²) in [4.78, 5) is 31.7. The van der Waals surface area contributed by atoms with Crippen molar-refractivity contribution in [2.24, 2.45) is 5.92 Å². The number of methoxy groups -OCH3 is 1. The SMILES string of the molecule is C=CC[C@H](OC)[C@H](NC(C)=O)[C@@H]1N[C@@H](C(=O)O)C[C@H]1/C=C\C.O=C(O)C(F)(F)F. The summed E-state index contributed by atoms with van der Waals surface area (Å²) >= 11 is 0. The molecule has 1 rings (SSSR count). The number of hydrogen-bond donors (Lipinski definition) is 4. The van der Waals surface area contributed by atoms with Crippen molar-refractivity contribution in [3.8, 4) is 0 Å². The molecule has 1 saturated heterocycles. The van der Waals surface area contributed by atoms with Crippen LogP contribution < -0.4 is 10.6 Å². The number of allylic oxidation sites excluding steroid dienone is 1. The number of nitrogens with one attached hydrogen (secondary N) is 2. The van der Waals surface area contributed by atoms with Gasteiger partial charge in [0.15, 0.2) is 0 Å². The van der Waals surface area contributed by atoms with Crippen LogP contribution >= 0.6 is 0 Å². The van der Waals surface area contributed by atoms with E-state index in [-0.39, 0.29) is 30.0 Å². The minimum Gasteiger partial charge on any atom is -0.480 e. The van der Waals surface area contributed by atoms with E-state index in [0.717, 1.165) is 0 Å². The number of ether oxygens (including phenoxy) is 1. The third-order valence-electron chi connectivity index (χ3n) is 4.20. The van der Waals surface area contributed by atoms with Crippen LogP contribution in [-0.4, -0.2) is 65.6 Å². The van der Waals surface area contributed by atoms with Crippen LogP contribution in [-0.2, 0) is 19.1 Å². The maximum Gasteiger partial charge on any atom is 0.490 e. The summed E-state index contributed by atoms with van der Waals surface area (Å²) in [7, 11) is 1.58. The fourth-order valence-corrected chi connectivity index (χ4v) is 3.03. The Morgan fingerprint density at radius 2 is 1.90 bits per heavy atom. The zero-order valence-electron chi connectivity index (χ0n) is 16.4. The standard InChI is InChI=1S/C16H26N2O4.C2HF3O2/c1-5-7-11-9-12(16(20)21)18-14(11)15(17-10(3)19)13(22-4)8-6-2;3-2(4,5)1(6)7/h5-7,11-15,18H,2,8-9H2,1,3-4H3,(H,17,19)(H,20,21);(H,6,7)/b7-5-;/t11-,12-,13+,14-,15+;/m1./s1. The molecule has 0 saturated carbocycles. The smallest absolute Gasteiger partial charge is 0.480 e. The van der Waals surface area contributed by atoms with Gasteiger partial charge in [-0.2, -0.15) is 13.2 Å². The highest BCUT2D eigenvalue weighted by atomic mass is 19.4. The topological polar surface area (TPSA) is 125 Å². The molecule has 5 atom stereocenters. The van der Waals surface area contributed by atoms with E-state index in [1.54, 1.807) is 13.2 Å². The maximum atomic E-state index is 11.6. The van der Waals surface area contributed by atoms with Gasteiger partial charge < -0.3 is 20.3 Å². The molecule has 11 heteroatoms. The van der Waals surface area contributed by atoms with Crippen LogP contribution in [0.25, 0.3) is 0 Å². The quantitative estimate of drug-likeness (QED) is 0.437. The number of carboxylic acids is 2. The maximum absolute atomic E-state index is 11.6. The summed E-state index contributed by atoms with van der Waals surface area (Å²) in [6, 6.07) is -1.15. The van der Waals surface area contributed by atoms with Crippen molar-refractivity contribution in [1.82, 2.24) is 10.6 Å². The van der Waals surface area contributed by atoms with Gasteiger partial charge in [-0.1, -0.05) is 18.2 Å². The summed E-state index contributed by atoms with van der Waals surface area (Å²) < 4.78 is 37.2. The molecule has 0 aromatic heterocycles. The van der Waals surface area contributed by atoms with Crippen molar-refractivity contribution in [2.45, 2.75) is 57.1 Å². The van der Waals surface area contributed by atoms with E-state index in [9.17, 15) is 27.9 Å². The van der Waals surface area contributed by atoms with Gasteiger partial charge in [0.2, 0.25) is 5.91 Å². The van der Waals surface area contributed by atoms with Gasteiger partial charge in [0.25, 0.3) is 0 Å². The summed E-state index contributed by atoms with van der Waals surface area (Å²) in [6.07, 6.45) is 1.33. The zero-order chi connectivity index (χ0) is 22.8. The second-order valence-corrected chi connectivity index (χ2v) is 6.34. The summed E-state index contributed by atoms with van der Waals surface area (Å²) in [5, 5.41) is 22.4. The van der Waals surface area contributed by atoms with Gasteiger partial charge in [-0.3, -0.25) is 14.9 Å². The van der Waals surface area contributed by atoms with Gasteiger partial charge in [-0.25, -0.2) is 4.79 Å². The van der Waals surface area contributed by atoms with Crippen molar-refractivity contribution in [2.75, 3.05) is 7.11 Å². The average molecular weight is 424 g/mol. The lowest BCUT2D eigenvalue weighted by atomic mass is 9.89. The highest BCUT2D eigenvalue weighted by Gasteiger charge is 2.43. The first-order chi connectivity index (χ1) is 13.4. The number of rotatable bonds is 8. The Kier molecular flexibility index (Phi) is 11.2. The van der Waals surface area contributed by atoms with Crippen LogP contribution in [0.3, 0.4) is 0 Å². The molecule has 0 radical (unpaired) electrons. The average Bonchev–Trinajstić information content (AvgIpc) is 3.02. The number of halogens is 3. The van der Waals surface area contributed by atoms with Crippen LogP contribution in [0.2, 0.25) is 0 Å². The van der Waals surface area contributed by atoms with Crippen molar-refractivity contribution >= 4 is 17.8 Å². The third-order valence-corrected chi connectivity index (χ3v) is 4.20. The second kappa shape index (κ2) is 12.2. The Bertz CT molecular complexity index is 609. The van der Waals surface area contributed by atoms with Gasteiger partial charge in [0, 0.05) is 20.1 Å². The molecule has 1 heterocycles. The summed E-state index contributed by atoms with van der Waals surface area (Å²) in [5.74, 6) is -3.79. The predicted molar refractivity (Wildman–Crippen MR) is 98.2 cm³/mol. The molecule has 8 nitrogen and oxygen atoms in total. The first kappa shape index (κ1) is 26.6. The fraction of sp³-hybridized carbons (Fsp3) is 0.611. The molecule has 1 fully saturated rings. The van der Waals surface area contributed by atoms with Crippen LogP contribution in [0, 0.1) is 5.92 Å². The molecule has 0 spiro atoms. The van der Waals surface area contributed by atoms with Gasteiger partial charge >= 0.3 is 18.1 Å². The molecule has 0 aromatic rings. The number of carbonyl (C=O) groups excluding carboxylic acids is 1. The first-order valence-corrected chi connectivity index (χ1v) is 8.71. The molecule has 4 N–H and O–H groups in total. The highest BCUT2D eigenvalue weighted by Crippen LogP contribution is 2.27. The molecule has 0 bridgehead atoms. The lowest BCUT2D eigenvalue weighted by Crippen LogP contribution is -2.57. The molecule has 0 aromatic carbocycles. The zero-order valence-corrected chi connectivity index (χ0v) is 16.4. The minimum absolute atomic E-state index is 0.0189. The third kappa shape index (κ3) is 9.09. The number of amides is 1. The van der Waals surface area contributed by atoms with E-state index in [4.69, 9.17) is 14.6 Å². The van der Waals surface area contributed by atoms with Crippen LogP contribution in [0.1, 0.15) is 26.7 Å². The number of carboxylic acid groups (broad SMARTS) is 2. The lowest BCUT2D eigenvalue weighted by molar-refractivity contribution is -0.192. The monoisotopic (exact) mass is 424 g/mol. The Hall–Kier alpha value is -2.40. The van der Waals surface area contributed by atoms with Crippen LogP contribution in [0.4, 0.5) is 13.2 Å². The fourth-order valence-electron chi connectivity index (χ4n) is 3.03. The molecule has 1 aliphatic rings. The largest absolute Gasteiger partial charge is 0.490 e. The van der Waals surface area contributed by atoms with Gasteiger partial charge in [-0.05, 0) is 25.7 Å². The van der Waals surface area contributed by atoms with Crippen LogP contribution in [0.15, 0.2) is 24.8 Å².